The fraction of sp³-hybridized carbons (Fsp3) is 1.00. The molecule has 0 radical (unpaired) electrons. The van der Waals surface area contributed by atoms with E-state index in [2.05, 4.69) is 20.8 Å². The third-order valence-electron chi connectivity index (χ3n) is 2.66. The minimum atomic E-state index is 0.435. The zero-order valence-electron chi connectivity index (χ0n) is 9.08. The number of rotatable bonds is 4. The van der Waals surface area contributed by atoms with Crippen molar-refractivity contribution < 1.29 is 9.47 Å². The van der Waals surface area contributed by atoms with Gasteiger partial charge in [0.2, 0.25) is 0 Å². The summed E-state index contributed by atoms with van der Waals surface area (Å²) in [6, 6.07) is 0. The summed E-state index contributed by atoms with van der Waals surface area (Å²) in [4.78, 5) is 0. The van der Waals surface area contributed by atoms with Gasteiger partial charge in [0.25, 0.3) is 0 Å². The van der Waals surface area contributed by atoms with Gasteiger partial charge in [0.05, 0.1) is 12.2 Å². The summed E-state index contributed by atoms with van der Waals surface area (Å²) >= 11 is 0. The van der Waals surface area contributed by atoms with E-state index in [0.29, 0.717) is 12.2 Å². The van der Waals surface area contributed by atoms with Crippen molar-refractivity contribution in [2.45, 2.75) is 52.2 Å². The first-order valence-corrected chi connectivity index (χ1v) is 5.49. The highest BCUT2D eigenvalue weighted by molar-refractivity contribution is 4.77. The molecule has 2 nitrogen and oxygen atoms in total. The highest BCUT2D eigenvalue weighted by atomic mass is 16.5. The molecule has 0 aromatic heterocycles. The SMILES string of the molecule is CCO[C@@H]1CC(C)C[C@H](OCC)C1. The molecule has 0 N–H and O–H groups in total. The van der Waals surface area contributed by atoms with E-state index in [1.54, 1.807) is 0 Å². The Morgan fingerprint density at radius 2 is 1.38 bits per heavy atom. The number of hydrogen-bond acceptors (Lipinski definition) is 2. The van der Waals surface area contributed by atoms with Crippen molar-refractivity contribution in [2.24, 2.45) is 5.92 Å². The topological polar surface area (TPSA) is 18.5 Å². The fourth-order valence-electron chi connectivity index (χ4n) is 2.22. The molecule has 13 heavy (non-hydrogen) atoms. The first-order valence-electron chi connectivity index (χ1n) is 5.49. The van der Waals surface area contributed by atoms with Crippen LogP contribution in [0.4, 0.5) is 0 Å². The Labute approximate surface area is 81.6 Å². The van der Waals surface area contributed by atoms with Gasteiger partial charge in [-0.05, 0) is 39.0 Å². The lowest BCUT2D eigenvalue weighted by Crippen LogP contribution is -2.32. The van der Waals surface area contributed by atoms with Gasteiger partial charge in [0.1, 0.15) is 0 Å². The molecule has 1 fully saturated rings. The Bertz CT molecular complexity index is 122. The molecule has 1 saturated carbocycles. The zero-order valence-corrected chi connectivity index (χ0v) is 9.08. The van der Waals surface area contributed by atoms with Crippen molar-refractivity contribution in [2.75, 3.05) is 13.2 Å². The van der Waals surface area contributed by atoms with E-state index < -0.39 is 0 Å². The lowest BCUT2D eigenvalue weighted by molar-refractivity contribution is -0.0527. The van der Waals surface area contributed by atoms with Gasteiger partial charge in [-0.3, -0.25) is 0 Å². The Morgan fingerprint density at radius 1 is 0.923 bits per heavy atom. The predicted molar refractivity (Wildman–Crippen MR) is 53.8 cm³/mol. The van der Waals surface area contributed by atoms with E-state index in [-0.39, 0.29) is 0 Å². The normalized spacial score (nSPS) is 34.8. The summed E-state index contributed by atoms with van der Waals surface area (Å²) in [7, 11) is 0. The second-order valence-electron chi connectivity index (χ2n) is 3.97. The molecule has 3 atom stereocenters. The molecule has 78 valence electrons. The molecule has 2 heteroatoms. The molecular weight excluding hydrogens is 164 g/mol. The molecule has 0 spiro atoms. The van der Waals surface area contributed by atoms with E-state index in [1.165, 1.54) is 12.8 Å². The van der Waals surface area contributed by atoms with Crippen LogP contribution in [0.1, 0.15) is 40.0 Å². The fourth-order valence-corrected chi connectivity index (χ4v) is 2.22. The van der Waals surface area contributed by atoms with E-state index in [4.69, 9.17) is 9.47 Å². The van der Waals surface area contributed by atoms with Crippen molar-refractivity contribution >= 4 is 0 Å². The van der Waals surface area contributed by atoms with Crippen LogP contribution in [0.5, 0.6) is 0 Å². The van der Waals surface area contributed by atoms with Gasteiger partial charge in [-0.15, -0.1) is 0 Å². The molecule has 1 rings (SSSR count). The third-order valence-corrected chi connectivity index (χ3v) is 2.66. The highest BCUT2D eigenvalue weighted by Gasteiger charge is 2.26. The van der Waals surface area contributed by atoms with Crippen molar-refractivity contribution in [3.05, 3.63) is 0 Å². The van der Waals surface area contributed by atoms with Crippen molar-refractivity contribution in [3.8, 4) is 0 Å². The highest BCUT2D eigenvalue weighted by Crippen LogP contribution is 2.28. The molecule has 0 bridgehead atoms. The minimum absolute atomic E-state index is 0.435. The van der Waals surface area contributed by atoms with Crippen LogP contribution >= 0.6 is 0 Å². The van der Waals surface area contributed by atoms with Crippen LogP contribution in [-0.2, 0) is 9.47 Å². The van der Waals surface area contributed by atoms with Crippen LogP contribution in [-0.4, -0.2) is 25.4 Å². The lowest BCUT2D eigenvalue weighted by Gasteiger charge is -2.32. The maximum Gasteiger partial charge on any atom is 0.0602 e. The van der Waals surface area contributed by atoms with Crippen LogP contribution in [0, 0.1) is 5.92 Å². The standard InChI is InChI=1S/C11H22O2/c1-4-12-10-6-9(3)7-11(8-10)13-5-2/h9-11H,4-8H2,1-3H3/t9?,10-,11+. The molecule has 0 aromatic carbocycles. The smallest absolute Gasteiger partial charge is 0.0602 e. The summed E-state index contributed by atoms with van der Waals surface area (Å²) < 4.78 is 11.3. The lowest BCUT2D eigenvalue weighted by atomic mass is 9.86. The van der Waals surface area contributed by atoms with Crippen LogP contribution in [0.25, 0.3) is 0 Å². The molecule has 1 aliphatic carbocycles. The number of ether oxygens (including phenoxy) is 2. The maximum atomic E-state index is 5.65. The molecule has 1 unspecified atom stereocenters. The second-order valence-corrected chi connectivity index (χ2v) is 3.97. The van der Waals surface area contributed by atoms with E-state index in [9.17, 15) is 0 Å². The Morgan fingerprint density at radius 3 is 1.77 bits per heavy atom. The molecule has 0 saturated heterocycles. The van der Waals surface area contributed by atoms with Gasteiger partial charge in [-0.2, -0.15) is 0 Å². The maximum absolute atomic E-state index is 5.65. The van der Waals surface area contributed by atoms with Crippen molar-refractivity contribution in [1.29, 1.82) is 0 Å². The summed E-state index contributed by atoms with van der Waals surface area (Å²) in [5.74, 6) is 0.752. The van der Waals surface area contributed by atoms with Gasteiger partial charge in [-0.1, -0.05) is 6.92 Å². The van der Waals surface area contributed by atoms with Gasteiger partial charge >= 0.3 is 0 Å². The first kappa shape index (κ1) is 11.0. The minimum Gasteiger partial charge on any atom is -0.378 e. The summed E-state index contributed by atoms with van der Waals surface area (Å²) in [5.41, 5.74) is 0. The molecule has 0 amide bonds. The van der Waals surface area contributed by atoms with Gasteiger partial charge in [-0.25, -0.2) is 0 Å². The van der Waals surface area contributed by atoms with E-state index >= 15 is 0 Å². The van der Waals surface area contributed by atoms with Gasteiger partial charge < -0.3 is 9.47 Å². The zero-order chi connectivity index (χ0) is 9.68. The summed E-state index contributed by atoms with van der Waals surface area (Å²) in [6.45, 7) is 8.08. The molecule has 0 aliphatic heterocycles. The van der Waals surface area contributed by atoms with E-state index in [0.717, 1.165) is 25.6 Å². The van der Waals surface area contributed by atoms with Crippen molar-refractivity contribution in [1.82, 2.24) is 0 Å². The first-order chi connectivity index (χ1) is 6.26. The second kappa shape index (κ2) is 5.61. The molecule has 0 aromatic rings. The van der Waals surface area contributed by atoms with Crippen LogP contribution in [0.15, 0.2) is 0 Å². The molecule has 1 aliphatic rings. The Hall–Kier alpha value is -0.0800. The monoisotopic (exact) mass is 186 g/mol. The third kappa shape index (κ3) is 3.65. The largest absolute Gasteiger partial charge is 0.378 e. The summed E-state index contributed by atoms with van der Waals surface area (Å²) in [5, 5.41) is 0. The van der Waals surface area contributed by atoms with Crippen LogP contribution in [0.2, 0.25) is 0 Å². The molecule has 0 heterocycles. The predicted octanol–water partition coefficient (Wildman–Crippen LogP) is 2.62. The van der Waals surface area contributed by atoms with Gasteiger partial charge in [0.15, 0.2) is 0 Å². The van der Waals surface area contributed by atoms with E-state index in [1.807, 2.05) is 0 Å². The van der Waals surface area contributed by atoms with Gasteiger partial charge in [0, 0.05) is 13.2 Å². The van der Waals surface area contributed by atoms with Crippen LogP contribution < -0.4 is 0 Å². The Balaban J connectivity index is 2.33. The van der Waals surface area contributed by atoms with Crippen LogP contribution in [0.3, 0.4) is 0 Å². The molecular formula is C11H22O2. The average Bonchev–Trinajstić information content (AvgIpc) is 2.04. The number of hydrogen-bond donors (Lipinski definition) is 0. The quantitative estimate of drug-likeness (QED) is 0.672. The average molecular weight is 186 g/mol. The summed E-state index contributed by atoms with van der Waals surface area (Å²) in [6.07, 6.45) is 4.37. The van der Waals surface area contributed by atoms with Crippen molar-refractivity contribution in [3.63, 3.8) is 0 Å². The Kier molecular flexibility index (Phi) is 4.74.